The summed E-state index contributed by atoms with van der Waals surface area (Å²) in [6.45, 7) is 4.05. The standard InChI is InChI=1S/C20H24N2O3.C2HF3O2/c1-14-17(7-9-24-14)20(23)22-11-16-5-2-6-19(18(16)12-22)25-13-15-4-3-8-21-10-15;3-2(4,5)1(6)7/h3-4,7-10,16,18-19H,2,5-6,11-13H2,1H3;(H,6,7)/t16-,18+,19?;/m1./s1. The molecule has 10 heteroatoms. The number of carboxylic acids is 1. The molecule has 3 heterocycles. The van der Waals surface area contributed by atoms with Gasteiger partial charge in [-0.25, -0.2) is 4.79 Å². The fourth-order valence-electron chi connectivity index (χ4n) is 4.26. The highest BCUT2D eigenvalue weighted by Crippen LogP contribution is 2.38. The highest BCUT2D eigenvalue weighted by molar-refractivity contribution is 5.95. The number of hydrogen-bond donors (Lipinski definition) is 1. The molecule has 174 valence electrons. The predicted octanol–water partition coefficient (Wildman–Crippen LogP) is 4.07. The third kappa shape index (κ3) is 5.87. The van der Waals surface area contributed by atoms with Crippen LogP contribution in [0, 0.1) is 18.8 Å². The molecule has 2 fully saturated rings. The first kappa shape index (κ1) is 23.8. The topological polar surface area (TPSA) is 92.9 Å². The summed E-state index contributed by atoms with van der Waals surface area (Å²) in [5.41, 5.74) is 1.79. The summed E-state index contributed by atoms with van der Waals surface area (Å²) in [5, 5.41) is 7.12. The number of fused-ring (bicyclic) bond motifs is 1. The number of ether oxygens (including phenoxy) is 1. The lowest BCUT2D eigenvalue weighted by Crippen LogP contribution is -2.34. The smallest absolute Gasteiger partial charge is 0.475 e. The van der Waals surface area contributed by atoms with Crippen LogP contribution in [0.2, 0.25) is 0 Å². The zero-order valence-corrected chi connectivity index (χ0v) is 17.5. The number of amides is 1. The molecule has 0 radical (unpaired) electrons. The number of rotatable bonds is 4. The van der Waals surface area contributed by atoms with Crippen molar-refractivity contribution in [2.24, 2.45) is 11.8 Å². The van der Waals surface area contributed by atoms with Crippen molar-refractivity contribution in [1.29, 1.82) is 0 Å². The number of likely N-dealkylation sites (tertiary alicyclic amines) is 1. The van der Waals surface area contributed by atoms with Crippen LogP contribution in [0.25, 0.3) is 0 Å². The van der Waals surface area contributed by atoms with Gasteiger partial charge >= 0.3 is 12.1 Å². The lowest BCUT2D eigenvalue weighted by molar-refractivity contribution is -0.192. The summed E-state index contributed by atoms with van der Waals surface area (Å²) in [6, 6.07) is 5.75. The van der Waals surface area contributed by atoms with Gasteiger partial charge in [0.15, 0.2) is 0 Å². The number of halogens is 3. The first-order valence-corrected chi connectivity index (χ1v) is 10.3. The van der Waals surface area contributed by atoms with E-state index in [-0.39, 0.29) is 12.0 Å². The maximum Gasteiger partial charge on any atom is 0.490 e. The van der Waals surface area contributed by atoms with Gasteiger partial charge in [0, 0.05) is 31.4 Å². The Morgan fingerprint density at radius 2 is 2.03 bits per heavy atom. The third-order valence-electron chi connectivity index (χ3n) is 5.84. The van der Waals surface area contributed by atoms with Crippen LogP contribution in [0.3, 0.4) is 0 Å². The molecule has 4 rings (SSSR count). The predicted molar refractivity (Wildman–Crippen MR) is 107 cm³/mol. The first-order valence-electron chi connectivity index (χ1n) is 10.3. The first-order chi connectivity index (χ1) is 15.2. The number of aliphatic carboxylic acids is 1. The van der Waals surface area contributed by atoms with Crippen LogP contribution in [0.15, 0.2) is 41.3 Å². The number of carboxylic acid groups (broad SMARTS) is 1. The fourth-order valence-corrected chi connectivity index (χ4v) is 4.26. The summed E-state index contributed by atoms with van der Waals surface area (Å²) in [7, 11) is 0. The number of nitrogens with zero attached hydrogens (tertiary/aromatic N) is 2. The molecular weight excluding hydrogens is 429 g/mol. The van der Waals surface area contributed by atoms with E-state index in [4.69, 9.17) is 19.1 Å². The Hall–Kier alpha value is -2.88. The summed E-state index contributed by atoms with van der Waals surface area (Å²) in [6.07, 6.45) is 3.80. The minimum atomic E-state index is -5.08. The zero-order valence-electron chi connectivity index (χ0n) is 17.5. The Bertz CT molecular complexity index is 916. The van der Waals surface area contributed by atoms with Crippen LogP contribution in [-0.4, -0.2) is 52.2 Å². The highest BCUT2D eigenvalue weighted by atomic mass is 19.4. The van der Waals surface area contributed by atoms with E-state index < -0.39 is 12.1 Å². The van der Waals surface area contributed by atoms with Crippen LogP contribution in [-0.2, 0) is 16.1 Å². The molecule has 32 heavy (non-hydrogen) atoms. The average Bonchev–Trinajstić information content (AvgIpc) is 3.38. The molecule has 1 saturated heterocycles. The Balaban J connectivity index is 0.000000360. The molecule has 1 amide bonds. The Kier molecular flexibility index (Phi) is 7.55. The van der Waals surface area contributed by atoms with E-state index >= 15 is 0 Å². The average molecular weight is 454 g/mol. The van der Waals surface area contributed by atoms with Crippen molar-refractivity contribution in [3.63, 3.8) is 0 Å². The van der Waals surface area contributed by atoms with Gasteiger partial charge in [0.2, 0.25) is 0 Å². The van der Waals surface area contributed by atoms with E-state index in [0.29, 0.717) is 29.8 Å². The Morgan fingerprint density at radius 1 is 1.28 bits per heavy atom. The normalized spacial score (nSPS) is 22.6. The van der Waals surface area contributed by atoms with E-state index in [0.717, 1.165) is 25.1 Å². The largest absolute Gasteiger partial charge is 0.490 e. The molecule has 7 nitrogen and oxygen atoms in total. The quantitative estimate of drug-likeness (QED) is 0.749. The molecule has 2 aromatic rings. The number of aromatic nitrogens is 1. The van der Waals surface area contributed by atoms with Crippen molar-refractivity contribution in [2.45, 2.75) is 45.1 Å². The Labute approximate surface area is 183 Å². The summed E-state index contributed by atoms with van der Waals surface area (Å²) in [4.78, 5) is 27.8. The second kappa shape index (κ2) is 10.2. The second-order valence-electron chi connectivity index (χ2n) is 7.97. The van der Waals surface area contributed by atoms with Crippen LogP contribution < -0.4 is 0 Å². The van der Waals surface area contributed by atoms with Crippen molar-refractivity contribution >= 4 is 11.9 Å². The molecule has 1 N–H and O–H groups in total. The van der Waals surface area contributed by atoms with Gasteiger partial charge in [0.25, 0.3) is 5.91 Å². The molecule has 0 aromatic carbocycles. The molecule has 0 spiro atoms. The van der Waals surface area contributed by atoms with Crippen molar-refractivity contribution in [1.82, 2.24) is 9.88 Å². The molecular formula is C22H25F3N2O5. The zero-order chi connectivity index (χ0) is 23.3. The van der Waals surface area contributed by atoms with E-state index in [1.54, 1.807) is 18.5 Å². The maximum absolute atomic E-state index is 12.8. The van der Waals surface area contributed by atoms with E-state index in [2.05, 4.69) is 4.98 Å². The van der Waals surface area contributed by atoms with Gasteiger partial charge in [-0.1, -0.05) is 12.5 Å². The van der Waals surface area contributed by atoms with Crippen LogP contribution in [0.5, 0.6) is 0 Å². The van der Waals surface area contributed by atoms with Crippen LogP contribution in [0.4, 0.5) is 13.2 Å². The monoisotopic (exact) mass is 454 g/mol. The van der Waals surface area contributed by atoms with Gasteiger partial charge in [-0.05, 0) is 43.4 Å². The van der Waals surface area contributed by atoms with E-state index in [1.807, 2.05) is 30.2 Å². The van der Waals surface area contributed by atoms with E-state index in [1.165, 1.54) is 12.8 Å². The number of furan rings is 1. The minimum Gasteiger partial charge on any atom is -0.475 e. The fraction of sp³-hybridized carbons (Fsp3) is 0.500. The molecule has 2 aliphatic rings. The molecule has 1 aliphatic heterocycles. The number of aryl methyl sites for hydroxylation is 1. The summed E-state index contributed by atoms with van der Waals surface area (Å²) < 4.78 is 43.3. The van der Waals surface area contributed by atoms with E-state index in [9.17, 15) is 18.0 Å². The number of hydrogen-bond acceptors (Lipinski definition) is 5. The van der Waals surface area contributed by atoms with Gasteiger partial charge in [0.1, 0.15) is 5.76 Å². The number of carbonyl (C=O) groups is 2. The highest BCUT2D eigenvalue weighted by Gasteiger charge is 2.42. The molecule has 1 aliphatic carbocycles. The van der Waals surface area contributed by atoms with Crippen molar-refractivity contribution in [3.05, 3.63) is 53.7 Å². The minimum absolute atomic E-state index is 0.0895. The van der Waals surface area contributed by atoms with Gasteiger partial charge in [-0.15, -0.1) is 0 Å². The van der Waals surface area contributed by atoms with Crippen molar-refractivity contribution in [2.75, 3.05) is 13.1 Å². The lowest BCUT2D eigenvalue weighted by Gasteiger charge is -2.32. The van der Waals surface area contributed by atoms with Gasteiger partial charge < -0.3 is 19.2 Å². The van der Waals surface area contributed by atoms with Crippen molar-refractivity contribution < 1.29 is 37.0 Å². The van der Waals surface area contributed by atoms with Gasteiger partial charge in [0.05, 0.1) is 24.5 Å². The van der Waals surface area contributed by atoms with Crippen LogP contribution in [0.1, 0.15) is 40.9 Å². The Morgan fingerprint density at radius 3 is 2.62 bits per heavy atom. The number of pyridine rings is 1. The van der Waals surface area contributed by atoms with Gasteiger partial charge in [-0.2, -0.15) is 13.2 Å². The number of alkyl halides is 3. The van der Waals surface area contributed by atoms with Crippen LogP contribution >= 0.6 is 0 Å². The summed E-state index contributed by atoms with van der Waals surface area (Å²) >= 11 is 0. The maximum atomic E-state index is 12.8. The third-order valence-corrected chi connectivity index (χ3v) is 5.84. The molecule has 2 aromatic heterocycles. The lowest BCUT2D eigenvalue weighted by atomic mass is 9.79. The SMILES string of the molecule is Cc1occc1C(=O)N1C[C@H]2CCCC(OCc3cccnc3)[C@H]2C1.O=C(O)C(F)(F)F. The molecule has 0 bridgehead atoms. The number of carbonyl (C=O) groups excluding carboxylic acids is 1. The van der Waals surface area contributed by atoms with Gasteiger partial charge in [-0.3, -0.25) is 9.78 Å². The second-order valence-corrected chi connectivity index (χ2v) is 7.97. The summed E-state index contributed by atoms with van der Waals surface area (Å²) in [5.74, 6) is -0.992. The van der Waals surface area contributed by atoms with Crippen molar-refractivity contribution in [3.8, 4) is 0 Å². The molecule has 3 atom stereocenters. The molecule has 1 saturated carbocycles. The molecule has 1 unspecified atom stereocenters.